The van der Waals surface area contributed by atoms with E-state index in [1.165, 1.54) is 4.31 Å². The fourth-order valence-corrected chi connectivity index (χ4v) is 6.20. The van der Waals surface area contributed by atoms with Gasteiger partial charge >= 0.3 is 0 Å². The number of nitrogens with zero attached hydrogens (tertiary/aromatic N) is 1. The van der Waals surface area contributed by atoms with E-state index in [1.54, 1.807) is 49.6 Å². The Labute approximate surface area is 163 Å². The summed E-state index contributed by atoms with van der Waals surface area (Å²) in [6, 6.07) is 11.8. The van der Waals surface area contributed by atoms with Crippen LogP contribution in [0.5, 0.6) is 5.75 Å². The van der Waals surface area contributed by atoms with Crippen molar-refractivity contribution in [3.63, 3.8) is 0 Å². The number of halogens is 1. The van der Waals surface area contributed by atoms with Gasteiger partial charge in [-0.05, 0) is 61.4 Å². The Hall–Kier alpha value is -2.25. The summed E-state index contributed by atoms with van der Waals surface area (Å²) in [6.07, 6.45) is 0.348. The van der Waals surface area contributed by atoms with Crippen LogP contribution >= 0.6 is 11.6 Å². The number of anilines is 2. The molecule has 0 unspecified atom stereocenters. The number of benzene rings is 2. The zero-order valence-corrected chi connectivity index (χ0v) is 16.5. The minimum atomic E-state index is -3.81. The van der Waals surface area contributed by atoms with Crippen molar-refractivity contribution < 1.29 is 17.9 Å². The van der Waals surface area contributed by atoms with Gasteiger partial charge in [-0.2, -0.15) is 0 Å². The summed E-state index contributed by atoms with van der Waals surface area (Å²) in [5.41, 5.74) is 1.92. The number of nitrogens with one attached hydrogen (secondary N) is 1. The molecule has 2 aliphatic rings. The minimum Gasteiger partial charge on any atom is -0.497 e. The van der Waals surface area contributed by atoms with E-state index in [2.05, 4.69) is 5.32 Å². The molecule has 2 fully saturated rings. The van der Waals surface area contributed by atoms with Crippen molar-refractivity contribution in [1.29, 1.82) is 0 Å². The quantitative estimate of drug-likeness (QED) is 0.845. The van der Waals surface area contributed by atoms with Crippen LogP contribution in [0.3, 0.4) is 0 Å². The first-order valence-corrected chi connectivity index (χ1v) is 10.4. The highest BCUT2D eigenvalue weighted by Gasteiger charge is 2.75. The maximum atomic E-state index is 13.2. The third-order valence-electron chi connectivity index (χ3n) is 5.37. The molecule has 1 aliphatic heterocycles. The SMILES string of the molecule is COc1ccc(NC(=O)[C@]23C[C@@H]2CN(c2ccc(Cl)cc2)S3(=O)=O)c(C)c1. The van der Waals surface area contributed by atoms with Gasteiger partial charge in [0.25, 0.3) is 0 Å². The molecule has 0 spiro atoms. The Kier molecular flexibility index (Phi) is 4.12. The van der Waals surface area contributed by atoms with Gasteiger partial charge in [0.05, 0.1) is 12.8 Å². The highest BCUT2D eigenvalue weighted by atomic mass is 35.5. The third-order valence-corrected chi connectivity index (χ3v) is 8.16. The third kappa shape index (κ3) is 2.68. The molecular formula is C19H19ClN2O4S. The monoisotopic (exact) mass is 406 g/mol. The molecule has 142 valence electrons. The van der Waals surface area contributed by atoms with Crippen molar-refractivity contribution in [3.05, 3.63) is 53.1 Å². The smallest absolute Gasteiger partial charge is 0.250 e. The van der Waals surface area contributed by atoms with Crippen molar-refractivity contribution in [2.45, 2.75) is 18.1 Å². The van der Waals surface area contributed by atoms with Crippen LogP contribution < -0.4 is 14.4 Å². The summed E-state index contributed by atoms with van der Waals surface area (Å²) in [7, 11) is -2.24. The minimum absolute atomic E-state index is 0.211. The lowest BCUT2D eigenvalue weighted by atomic mass is 10.1. The Bertz CT molecular complexity index is 1020. The van der Waals surface area contributed by atoms with Crippen molar-refractivity contribution in [2.75, 3.05) is 23.3 Å². The Balaban J connectivity index is 1.61. The standard InChI is InChI=1S/C19H19ClN2O4S/c1-12-9-16(26-2)7-8-17(12)21-18(23)19-10-13(19)11-22(27(19,24)25)15-5-3-14(20)4-6-15/h3-9,13H,10-11H2,1-2H3,(H,21,23)/t13-,19+/m1/s1. The van der Waals surface area contributed by atoms with Crippen LogP contribution in [0.1, 0.15) is 12.0 Å². The van der Waals surface area contributed by atoms with Gasteiger partial charge in [0, 0.05) is 23.2 Å². The largest absolute Gasteiger partial charge is 0.497 e. The average molecular weight is 407 g/mol. The molecule has 0 bridgehead atoms. The number of aryl methyl sites for hydroxylation is 1. The maximum Gasteiger partial charge on any atom is 0.250 e. The Morgan fingerprint density at radius 1 is 1.26 bits per heavy atom. The van der Waals surface area contributed by atoms with Gasteiger partial charge in [-0.3, -0.25) is 9.10 Å². The highest BCUT2D eigenvalue weighted by Crippen LogP contribution is 2.58. The molecule has 2 atom stereocenters. The van der Waals surface area contributed by atoms with Gasteiger partial charge in [-0.25, -0.2) is 8.42 Å². The summed E-state index contributed by atoms with van der Waals surface area (Å²) in [5.74, 6) is -0.00988. The molecule has 1 aliphatic carbocycles. The van der Waals surface area contributed by atoms with Crippen LogP contribution in [0, 0.1) is 12.8 Å². The number of fused-ring (bicyclic) bond motifs is 1. The van der Waals surface area contributed by atoms with E-state index in [0.717, 1.165) is 5.56 Å². The molecule has 0 aromatic heterocycles. The molecule has 2 aromatic rings. The number of methoxy groups -OCH3 is 1. The van der Waals surface area contributed by atoms with Gasteiger partial charge in [-0.15, -0.1) is 0 Å². The van der Waals surface area contributed by atoms with E-state index in [0.29, 0.717) is 35.1 Å². The van der Waals surface area contributed by atoms with E-state index in [-0.39, 0.29) is 5.92 Å². The lowest BCUT2D eigenvalue weighted by Crippen LogP contribution is -2.42. The lowest BCUT2D eigenvalue weighted by Gasteiger charge is -2.23. The van der Waals surface area contributed by atoms with Crippen LogP contribution in [-0.4, -0.2) is 32.7 Å². The highest BCUT2D eigenvalue weighted by molar-refractivity contribution is 7.95. The first-order chi connectivity index (χ1) is 12.8. The first kappa shape index (κ1) is 18.1. The lowest BCUT2D eigenvalue weighted by molar-refractivity contribution is -0.116. The molecule has 8 heteroatoms. The number of amides is 1. The molecule has 2 aromatic carbocycles. The molecule has 1 heterocycles. The van der Waals surface area contributed by atoms with Gasteiger partial charge in [0.15, 0.2) is 4.75 Å². The van der Waals surface area contributed by atoms with Crippen LogP contribution in [0.2, 0.25) is 5.02 Å². The number of ether oxygens (including phenoxy) is 1. The van der Waals surface area contributed by atoms with Crippen molar-refractivity contribution in [2.24, 2.45) is 5.92 Å². The summed E-state index contributed by atoms with van der Waals surface area (Å²) >= 11 is 5.89. The predicted octanol–water partition coefficient (Wildman–Crippen LogP) is 3.20. The van der Waals surface area contributed by atoms with Crippen LogP contribution in [-0.2, 0) is 14.8 Å². The van der Waals surface area contributed by atoms with E-state index in [1.807, 2.05) is 6.92 Å². The molecule has 0 radical (unpaired) electrons. The molecule has 6 nitrogen and oxygen atoms in total. The number of sulfonamides is 1. The molecule has 1 N–H and O–H groups in total. The summed E-state index contributed by atoms with van der Waals surface area (Å²) < 4.78 is 31.4. The van der Waals surface area contributed by atoms with Crippen LogP contribution in [0.25, 0.3) is 0 Å². The van der Waals surface area contributed by atoms with E-state index in [4.69, 9.17) is 16.3 Å². The molecule has 1 saturated carbocycles. The Morgan fingerprint density at radius 2 is 1.96 bits per heavy atom. The zero-order chi connectivity index (χ0) is 19.4. The zero-order valence-electron chi connectivity index (χ0n) is 14.9. The second kappa shape index (κ2) is 6.14. The summed E-state index contributed by atoms with van der Waals surface area (Å²) in [4.78, 5) is 13.0. The average Bonchev–Trinajstić information content (AvgIpc) is 3.33. The Morgan fingerprint density at radius 3 is 2.59 bits per heavy atom. The van der Waals surface area contributed by atoms with Crippen LogP contribution in [0.4, 0.5) is 11.4 Å². The number of carbonyl (C=O) groups excluding carboxylic acids is 1. The van der Waals surface area contributed by atoms with E-state index < -0.39 is 20.7 Å². The number of rotatable bonds is 4. The summed E-state index contributed by atoms with van der Waals surface area (Å²) in [5, 5.41) is 3.33. The van der Waals surface area contributed by atoms with Gasteiger partial charge in [0.1, 0.15) is 5.75 Å². The van der Waals surface area contributed by atoms with Gasteiger partial charge in [0.2, 0.25) is 15.9 Å². The topological polar surface area (TPSA) is 75.7 Å². The van der Waals surface area contributed by atoms with Crippen molar-refractivity contribution in [1.82, 2.24) is 0 Å². The van der Waals surface area contributed by atoms with Crippen molar-refractivity contribution in [3.8, 4) is 5.75 Å². The van der Waals surface area contributed by atoms with Gasteiger partial charge < -0.3 is 10.1 Å². The number of carbonyl (C=O) groups is 1. The maximum absolute atomic E-state index is 13.2. The molecule has 1 saturated heterocycles. The van der Waals surface area contributed by atoms with Gasteiger partial charge in [-0.1, -0.05) is 11.6 Å². The molecular weight excluding hydrogens is 388 g/mol. The second-order valence-electron chi connectivity index (χ2n) is 6.94. The fourth-order valence-electron chi connectivity index (χ4n) is 3.71. The first-order valence-electron chi connectivity index (χ1n) is 8.53. The fraction of sp³-hybridized carbons (Fsp3) is 0.316. The van der Waals surface area contributed by atoms with Crippen LogP contribution in [0.15, 0.2) is 42.5 Å². The van der Waals surface area contributed by atoms with E-state index in [9.17, 15) is 13.2 Å². The molecule has 1 amide bonds. The summed E-state index contributed by atoms with van der Waals surface area (Å²) in [6.45, 7) is 2.14. The molecule has 4 rings (SSSR count). The predicted molar refractivity (Wildman–Crippen MR) is 105 cm³/mol. The van der Waals surface area contributed by atoms with Crippen molar-refractivity contribution >= 4 is 38.9 Å². The number of hydrogen-bond acceptors (Lipinski definition) is 4. The molecule has 27 heavy (non-hydrogen) atoms. The normalized spacial score (nSPS) is 25.0. The number of hydrogen-bond donors (Lipinski definition) is 1. The van der Waals surface area contributed by atoms with E-state index >= 15 is 0 Å². The second-order valence-corrected chi connectivity index (χ2v) is 9.49.